The molecule has 2 aromatic carbocycles. The molecule has 0 saturated heterocycles. The van der Waals surface area contributed by atoms with Crippen LogP contribution >= 0.6 is 34.8 Å². The smallest absolute Gasteiger partial charge is 0.262 e. The molecule has 0 aliphatic heterocycles. The van der Waals surface area contributed by atoms with Crippen LogP contribution in [0.15, 0.2) is 64.8 Å². The first-order chi connectivity index (χ1) is 14.5. The minimum absolute atomic E-state index is 0.0942. The molecule has 152 valence electrons. The van der Waals surface area contributed by atoms with Gasteiger partial charge in [-0.2, -0.15) is 5.26 Å². The Morgan fingerprint density at radius 1 is 1.13 bits per heavy atom. The van der Waals surface area contributed by atoms with Crippen LogP contribution in [0.1, 0.15) is 16.9 Å². The van der Waals surface area contributed by atoms with Gasteiger partial charge >= 0.3 is 0 Å². The highest BCUT2D eigenvalue weighted by Crippen LogP contribution is 2.27. The van der Waals surface area contributed by atoms with E-state index in [-0.39, 0.29) is 18.7 Å². The van der Waals surface area contributed by atoms with Crippen molar-refractivity contribution in [3.63, 3.8) is 0 Å². The second-order valence-corrected chi connectivity index (χ2v) is 7.40. The van der Waals surface area contributed by atoms with Crippen molar-refractivity contribution < 1.29 is 13.9 Å². The predicted octanol–water partition coefficient (Wildman–Crippen LogP) is 6.04. The monoisotopic (exact) mass is 460 g/mol. The Balaban J connectivity index is 1.77. The van der Waals surface area contributed by atoms with Crippen LogP contribution in [0.3, 0.4) is 0 Å². The third-order valence-electron chi connectivity index (χ3n) is 4.02. The second kappa shape index (κ2) is 10.2. The number of hydrogen-bond acceptors (Lipinski definition) is 4. The Hall–Kier alpha value is -2.91. The van der Waals surface area contributed by atoms with Crippen molar-refractivity contribution in [1.82, 2.24) is 5.32 Å². The lowest BCUT2D eigenvalue weighted by Gasteiger charge is -2.11. The van der Waals surface area contributed by atoms with E-state index < -0.39 is 5.91 Å². The molecule has 0 spiro atoms. The lowest BCUT2D eigenvalue weighted by molar-refractivity contribution is -0.117. The van der Waals surface area contributed by atoms with Gasteiger partial charge in [-0.1, -0.05) is 40.9 Å². The summed E-state index contributed by atoms with van der Waals surface area (Å²) >= 11 is 18.1. The molecule has 3 aromatic rings. The molecule has 1 amide bonds. The third-order valence-corrected chi connectivity index (χ3v) is 4.99. The SMILES string of the molecule is N#C/C(=C\c1cc(Cl)ccc1OCc1ccc(Cl)c(Cl)c1)C(=O)NCc1ccco1. The quantitative estimate of drug-likeness (QED) is 0.344. The van der Waals surface area contributed by atoms with Crippen molar-refractivity contribution in [2.75, 3.05) is 0 Å². The fraction of sp³-hybridized carbons (Fsp3) is 0.0909. The van der Waals surface area contributed by atoms with Gasteiger partial charge in [-0.3, -0.25) is 4.79 Å². The summed E-state index contributed by atoms with van der Waals surface area (Å²) in [7, 11) is 0. The van der Waals surface area contributed by atoms with Crippen LogP contribution in [0.2, 0.25) is 15.1 Å². The van der Waals surface area contributed by atoms with Crippen molar-refractivity contribution in [3.8, 4) is 11.8 Å². The summed E-state index contributed by atoms with van der Waals surface area (Å²) in [5, 5.41) is 13.4. The first-order valence-electron chi connectivity index (χ1n) is 8.75. The highest BCUT2D eigenvalue weighted by atomic mass is 35.5. The Labute approximate surface area is 188 Å². The van der Waals surface area contributed by atoms with Crippen LogP contribution in [0.4, 0.5) is 0 Å². The van der Waals surface area contributed by atoms with Gasteiger partial charge in [0.15, 0.2) is 0 Å². The van der Waals surface area contributed by atoms with Crippen LogP contribution in [-0.4, -0.2) is 5.91 Å². The van der Waals surface area contributed by atoms with Gasteiger partial charge < -0.3 is 14.5 Å². The summed E-state index contributed by atoms with van der Waals surface area (Å²) in [6.07, 6.45) is 2.93. The molecule has 0 aliphatic rings. The molecule has 0 unspecified atom stereocenters. The highest BCUT2D eigenvalue weighted by molar-refractivity contribution is 6.42. The third kappa shape index (κ3) is 5.80. The van der Waals surface area contributed by atoms with Crippen LogP contribution in [0.5, 0.6) is 5.75 Å². The Kier molecular flexibility index (Phi) is 7.42. The Morgan fingerprint density at radius 3 is 2.67 bits per heavy atom. The second-order valence-electron chi connectivity index (χ2n) is 6.15. The van der Waals surface area contributed by atoms with Crippen LogP contribution < -0.4 is 10.1 Å². The lowest BCUT2D eigenvalue weighted by atomic mass is 10.1. The molecule has 8 heteroatoms. The molecule has 0 saturated carbocycles. The van der Waals surface area contributed by atoms with E-state index in [1.54, 1.807) is 48.5 Å². The molecule has 0 aliphatic carbocycles. The molecule has 1 N–H and O–H groups in total. The van der Waals surface area contributed by atoms with Gasteiger partial charge in [-0.05, 0) is 54.1 Å². The Bertz CT molecular complexity index is 1120. The van der Waals surface area contributed by atoms with E-state index in [1.165, 1.54) is 12.3 Å². The van der Waals surface area contributed by atoms with E-state index >= 15 is 0 Å². The molecule has 3 rings (SSSR count). The predicted molar refractivity (Wildman–Crippen MR) is 116 cm³/mol. The van der Waals surface area contributed by atoms with Crippen LogP contribution in [0, 0.1) is 11.3 Å². The van der Waals surface area contributed by atoms with E-state index in [0.29, 0.717) is 32.1 Å². The molecule has 30 heavy (non-hydrogen) atoms. The standard InChI is InChI=1S/C22H15Cl3N2O3/c23-17-4-6-21(30-13-14-3-5-19(24)20(25)8-14)15(10-17)9-16(11-26)22(28)27-12-18-2-1-7-29-18/h1-10H,12-13H2,(H,27,28)/b16-9+. The van der Waals surface area contributed by atoms with Crippen molar-refractivity contribution in [3.05, 3.63) is 92.3 Å². The fourth-order valence-corrected chi connectivity index (χ4v) is 3.04. The van der Waals surface area contributed by atoms with Crippen LogP contribution in [0.25, 0.3) is 6.08 Å². The van der Waals surface area contributed by atoms with Gasteiger partial charge in [0.25, 0.3) is 5.91 Å². The average molecular weight is 462 g/mol. The number of carbonyl (C=O) groups is 1. The maximum atomic E-state index is 12.4. The van der Waals surface area contributed by atoms with Gasteiger partial charge in [0.05, 0.1) is 22.9 Å². The van der Waals surface area contributed by atoms with Crippen molar-refractivity contribution >= 4 is 46.8 Å². The van der Waals surface area contributed by atoms with Gasteiger partial charge in [0.1, 0.15) is 29.8 Å². The number of amides is 1. The molecule has 0 fully saturated rings. The maximum Gasteiger partial charge on any atom is 0.262 e. The number of nitriles is 1. The number of nitrogens with zero attached hydrogens (tertiary/aromatic N) is 1. The number of furan rings is 1. The van der Waals surface area contributed by atoms with Crippen molar-refractivity contribution in [2.45, 2.75) is 13.2 Å². The van der Waals surface area contributed by atoms with Gasteiger partial charge in [0.2, 0.25) is 0 Å². The Morgan fingerprint density at radius 2 is 1.97 bits per heavy atom. The van der Waals surface area contributed by atoms with E-state index in [2.05, 4.69) is 5.32 Å². The zero-order valence-corrected chi connectivity index (χ0v) is 17.8. The summed E-state index contributed by atoms with van der Waals surface area (Å²) < 4.78 is 11.0. The number of halogens is 3. The number of ether oxygens (including phenoxy) is 1. The molecular weight excluding hydrogens is 447 g/mol. The van der Waals surface area contributed by atoms with E-state index in [9.17, 15) is 10.1 Å². The molecule has 0 radical (unpaired) electrons. The summed E-state index contributed by atoms with van der Waals surface area (Å²) in [6.45, 7) is 0.382. The zero-order chi connectivity index (χ0) is 21.5. The summed E-state index contributed by atoms with van der Waals surface area (Å²) in [6, 6.07) is 15.5. The molecule has 5 nitrogen and oxygen atoms in total. The van der Waals surface area contributed by atoms with Gasteiger partial charge in [-0.25, -0.2) is 0 Å². The number of rotatable bonds is 7. The topological polar surface area (TPSA) is 75.3 Å². The molecule has 0 bridgehead atoms. The molecule has 1 aromatic heterocycles. The summed E-state index contributed by atoms with van der Waals surface area (Å²) in [4.78, 5) is 12.4. The molecular formula is C22H15Cl3N2O3. The van der Waals surface area contributed by atoms with Gasteiger partial charge in [0, 0.05) is 10.6 Å². The zero-order valence-electron chi connectivity index (χ0n) is 15.5. The van der Waals surface area contributed by atoms with E-state index in [4.69, 9.17) is 44.0 Å². The number of hydrogen-bond donors (Lipinski definition) is 1. The number of benzene rings is 2. The minimum atomic E-state index is -0.538. The van der Waals surface area contributed by atoms with E-state index in [0.717, 1.165) is 5.56 Å². The van der Waals surface area contributed by atoms with Crippen LogP contribution in [-0.2, 0) is 17.9 Å². The highest BCUT2D eigenvalue weighted by Gasteiger charge is 2.12. The minimum Gasteiger partial charge on any atom is -0.488 e. The number of nitrogens with one attached hydrogen (secondary N) is 1. The fourth-order valence-electron chi connectivity index (χ4n) is 2.53. The largest absolute Gasteiger partial charge is 0.488 e. The molecule has 1 heterocycles. The normalized spacial score (nSPS) is 11.1. The van der Waals surface area contributed by atoms with E-state index in [1.807, 2.05) is 6.07 Å². The maximum absolute atomic E-state index is 12.4. The van der Waals surface area contributed by atoms with Crippen molar-refractivity contribution in [1.29, 1.82) is 5.26 Å². The number of carbonyl (C=O) groups excluding carboxylic acids is 1. The average Bonchev–Trinajstić information content (AvgIpc) is 3.25. The first kappa shape index (κ1) is 21.8. The van der Waals surface area contributed by atoms with Crippen molar-refractivity contribution in [2.24, 2.45) is 0 Å². The molecule has 0 atom stereocenters. The summed E-state index contributed by atoms with van der Waals surface area (Å²) in [5.74, 6) is 0.496. The summed E-state index contributed by atoms with van der Waals surface area (Å²) in [5.41, 5.74) is 1.21. The lowest BCUT2D eigenvalue weighted by Crippen LogP contribution is -2.23. The van der Waals surface area contributed by atoms with Gasteiger partial charge in [-0.15, -0.1) is 0 Å². The first-order valence-corrected chi connectivity index (χ1v) is 9.88.